The molecule has 1 N–H and O–H groups in total. The molecule has 4 aromatic rings. The highest BCUT2D eigenvalue weighted by Crippen LogP contribution is 2.55. The number of hydrogen-bond donors (Lipinski definition) is 1. The van der Waals surface area contributed by atoms with Gasteiger partial charge in [0.1, 0.15) is 11.8 Å². The Morgan fingerprint density at radius 2 is 1.60 bits per heavy atom. The standard InChI is InChI=1S/C31H24F3N3O6S2/c1-42-20-13-12-16(14-21(20)43-2)23-24-25(28(40)37(27(24)39)19-11-7-6-10-18(19)31(32,33)34)44-29-26(23)45-30(41)36(29)15-22(38)35-17-8-4-3-5-9-17/h3-14,23-25H,15H2,1-2H3,(H,35,38)/t23-,24-,25+/m0/s1. The first-order valence-corrected chi connectivity index (χ1v) is 15.2. The average Bonchev–Trinajstić information content (AvgIpc) is 3.46. The van der Waals surface area contributed by atoms with E-state index < -0.39 is 57.1 Å². The Labute approximate surface area is 262 Å². The van der Waals surface area contributed by atoms with Gasteiger partial charge in [-0.05, 0) is 42.0 Å². The van der Waals surface area contributed by atoms with Crippen molar-refractivity contribution >= 4 is 52.2 Å². The van der Waals surface area contributed by atoms with Crippen molar-refractivity contribution in [1.82, 2.24) is 4.57 Å². The second-order valence-corrected chi connectivity index (χ2v) is 12.3. The van der Waals surface area contributed by atoms with Gasteiger partial charge in [-0.25, -0.2) is 4.90 Å². The highest BCUT2D eigenvalue weighted by molar-refractivity contribution is 8.00. The Morgan fingerprint density at radius 1 is 0.911 bits per heavy atom. The first kappa shape index (κ1) is 30.5. The predicted octanol–water partition coefficient (Wildman–Crippen LogP) is 5.38. The summed E-state index contributed by atoms with van der Waals surface area (Å²) in [5.74, 6) is -3.53. The number of thiazole rings is 1. The van der Waals surface area contributed by atoms with Crippen LogP contribution in [0.2, 0.25) is 0 Å². The Hall–Kier alpha value is -4.56. The van der Waals surface area contributed by atoms with E-state index >= 15 is 0 Å². The smallest absolute Gasteiger partial charge is 0.418 e. The number of methoxy groups -OCH3 is 2. The highest BCUT2D eigenvalue weighted by atomic mass is 32.2. The van der Waals surface area contributed by atoms with Crippen LogP contribution in [-0.2, 0) is 27.1 Å². The van der Waals surface area contributed by atoms with Crippen LogP contribution in [-0.4, -0.2) is 41.8 Å². The van der Waals surface area contributed by atoms with Crippen LogP contribution in [0.4, 0.5) is 24.5 Å². The molecule has 0 radical (unpaired) electrons. The van der Waals surface area contributed by atoms with Gasteiger partial charge in [0.15, 0.2) is 11.5 Å². The van der Waals surface area contributed by atoms with Crippen LogP contribution in [0, 0.1) is 5.92 Å². The van der Waals surface area contributed by atoms with Gasteiger partial charge in [-0.2, -0.15) is 13.2 Å². The summed E-state index contributed by atoms with van der Waals surface area (Å²) in [6.07, 6.45) is -4.83. The van der Waals surface area contributed by atoms with E-state index in [0.29, 0.717) is 37.6 Å². The van der Waals surface area contributed by atoms with E-state index in [2.05, 4.69) is 5.32 Å². The Balaban J connectivity index is 1.47. The van der Waals surface area contributed by atoms with Gasteiger partial charge < -0.3 is 14.8 Å². The molecular weight excluding hydrogens is 631 g/mol. The number of thioether (sulfide) groups is 1. The minimum Gasteiger partial charge on any atom is -0.493 e. The molecule has 9 nitrogen and oxygen atoms in total. The lowest BCUT2D eigenvalue weighted by Crippen LogP contribution is -2.33. The number of amides is 3. The van der Waals surface area contributed by atoms with Gasteiger partial charge in [0.25, 0.3) is 0 Å². The van der Waals surface area contributed by atoms with Gasteiger partial charge in [-0.15, -0.1) is 0 Å². The van der Waals surface area contributed by atoms with Crippen molar-refractivity contribution in [2.75, 3.05) is 24.4 Å². The van der Waals surface area contributed by atoms with Crippen molar-refractivity contribution in [3.8, 4) is 11.5 Å². The predicted molar refractivity (Wildman–Crippen MR) is 162 cm³/mol. The van der Waals surface area contributed by atoms with Gasteiger partial charge in [0, 0.05) is 16.5 Å². The average molecular weight is 656 g/mol. The molecule has 0 bridgehead atoms. The van der Waals surface area contributed by atoms with Crippen LogP contribution in [0.5, 0.6) is 11.5 Å². The largest absolute Gasteiger partial charge is 0.493 e. The topological polar surface area (TPSA) is 107 Å². The number of nitrogens with one attached hydrogen (secondary N) is 1. The number of hydrogen-bond acceptors (Lipinski definition) is 8. The molecule has 1 saturated heterocycles. The lowest BCUT2D eigenvalue weighted by Gasteiger charge is -2.31. The summed E-state index contributed by atoms with van der Waals surface area (Å²) in [7, 11) is 2.87. The zero-order valence-electron chi connectivity index (χ0n) is 23.7. The summed E-state index contributed by atoms with van der Waals surface area (Å²) in [5.41, 5.74) is -0.684. The van der Waals surface area contributed by atoms with Crippen molar-refractivity contribution < 1.29 is 37.0 Å². The second-order valence-electron chi connectivity index (χ2n) is 10.2. The van der Waals surface area contributed by atoms with Crippen molar-refractivity contribution in [3.05, 3.63) is 98.5 Å². The summed E-state index contributed by atoms with van der Waals surface area (Å²) in [6.45, 7) is -0.384. The third-order valence-electron chi connectivity index (χ3n) is 7.63. The molecule has 232 valence electrons. The van der Waals surface area contributed by atoms with Gasteiger partial charge >= 0.3 is 11.0 Å². The molecule has 6 rings (SSSR count). The Kier molecular flexibility index (Phi) is 7.95. The Morgan fingerprint density at radius 3 is 2.29 bits per heavy atom. The number of para-hydroxylation sites is 2. The second kappa shape index (κ2) is 11.7. The normalized spacial score (nSPS) is 19.2. The number of benzene rings is 3. The van der Waals surface area contributed by atoms with Crippen molar-refractivity contribution in [2.45, 2.75) is 28.9 Å². The minimum atomic E-state index is -4.83. The third kappa shape index (κ3) is 5.37. The number of ether oxygens (including phenoxy) is 2. The van der Waals surface area contributed by atoms with Crippen molar-refractivity contribution in [2.24, 2.45) is 5.92 Å². The molecule has 1 aromatic heterocycles. The molecule has 45 heavy (non-hydrogen) atoms. The molecule has 2 aliphatic rings. The highest BCUT2D eigenvalue weighted by Gasteiger charge is 2.58. The van der Waals surface area contributed by atoms with E-state index in [9.17, 15) is 32.3 Å². The fraction of sp³-hybridized carbons (Fsp3) is 0.226. The zero-order chi connectivity index (χ0) is 32.0. The number of imide groups is 1. The van der Waals surface area contributed by atoms with Gasteiger partial charge in [0.05, 0.1) is 36.4 Å². The quantitative estimate of drug-likeness (QED) is 0.267. The van der Waals surface area contributed by atoms with E-state index in [1.807, 2.05) is 0 Å². The van der Waals surface area contributed by atoms with Gasteiger partial charge in [-0.1, -0.05) is 59.5 Å². The van der Waals surface area contributed by atoms with E-state index in [0.717, 1.165) is 35.2 Å². The molecule has 3 amide bonds. The molecule has 3 atom stereocenters. The van der Waals surface area contributed by atoms with E-state index in [1.54, 1.807) is 48.5 Å². The SMILES string of the molecule is COc1ccc([C@@H]2c3sc(=O)n(CC(=O)Nc4ccccc4)c3S[C@H]3C(=O)N(c4ccccc4C(F)(F)F)C(=O)[C@@H]23)cc1OC. The lowest BCUT2D eigenvalue weighted by atomic mass is 9.83. The summed E-state index contributed by atoms with van der Waals surface area (Å²) in [6, 6.07) is 17.9. The minimum absolute atomic E-state index is 0.293. The summed E-state index contributed by atoms with van der Waals surface area (Å²) in [4.78, 5) is 54.9. The number of alkyl halides is 3. The molecule has 1 fully saturated rings. The number of carbonyl (C=O) groups excluding carboxylic acids is 3. The lowest BCUT2D eigenvalue weighted by molar-refractivity contribution is -0.137. The van der Waals surface area contributed by atoms with E-state index in [-0.39, 0.29) is 6.54 Å². The zero-order valence-corrected chi connectivity index (χ0v) is 25.3. The number of rotatable bonds is 7. The number of fused-ring (bicyclic) bond motifs is 2. The monoisotopic (exact) mass is 655 g/mol. The van der Waals surface area contributed by atoms with Gasteiger partial charge in [0.2, 0.25) is 17.7 Å². The fourth-order valence-corrected chi connectivity index (χ4v) is 8.45. The van der Waals surface area contributed by atoms with Crippen molar-refractivity contribution in [3.63, 3.8) is 0 Å². The van der Waals surface area contributed by atoms with Gasteiger partial charge in [-0.3, -0.25) is 23.7 Å². The van der Waals surface area contributed by atoms with Crippen LogP contribution in [0.1, 0.15) is 21.9 Å². The Bertz CT molecular complexity index is 1870. The maximum absolute atomic E-state index is 14.1. The molecule has 3 heterocycles. The van der Waals surface area contributed by atoms with E-state index in [1.165, 1.54) is 30.9 Å². The first-order chi connectivity index (χ1) is 21.5. The van der Waals surface area contributed by atoms with Crippen LogP contribution in [0.15, 0.2) is 82.6 Å². The summed E-state index contributed by atoms with van der Waals surface area (Å²) in [5, 5.41) is 1.84. The van der Waals surface area contributed by atoms with Crippen LogP contribution >= 0.6 is 23.1 Å². The number of nitrogens with zero attached hydrogens (tertiary/aromatic N) is 2. The summed E-state index contributed by atoms with van der Waals surface area (Å²) >= 11 is 1.73. The number of anilines is 2. The van der Waals surface area contributed by atoms with Crippen LogP contribution in [0.3, 0.4) is 0 Å². The molecular formula is C31H24F3N3O6S2. The van der Waals surface area contributed by atoms with Crippen molar-refractivity contribution in [1.29, 1.82) is 0 Å². The maximum atomic E-state index is 14.1. The maximum Gasteiger partial charge on any atom is 0.418 e. The molecule has 0 unspecified atom stereocenters. The third-order valence-corrected chi connectivity index (χ3v) is 10.2. The molecule has 0 aliphatic carbocycles. The fourth-order valence-electron chi connectivity index (χ4n) is 5.67. The molecule has 2 aliphatic heterocycles. The van der Waals surface area contributed by atoms with Crippen LogP contribution in [0.25, 0.3) is 0 Å². The van der Waals surface area contributed by atoms with Crippen LogP contribution < -0.4 is 24.6 Å². The number of aromatic nitrogens is 1. The molecule has 0 saturated carbocycles. The molecule has 3 aromatic carbocycles. The number of carbonyl (C=O) groups is 3. The number of halogens is 3. The molecule has 14 heteroatoms. The summed E-state index contributed by atoms with van der Waals surface area (Å²) < 4.78 is 54.1. The first-order valence-electron chi connectivity index (χ1n) is 13.5. The molecule has 0 spiro atoms. The van der Waals surface area contributed by atoms with E-state index in [4.69, 9.17) is 9.47 Å².